The van der Waals surface area contributed by atoms with Crippen molar-refractivity contribution in [3.8, 4) is 0 Å². The molecule has 8 rings (SSSR count). The first-order valence-electron chi connectivity index (χ1n) is 15.2. The van der Waals surface area contributed by atoms with Crippen LogP contribution in [0.5, 0.6) is 0 Å². The fourth-order valence-electron chi connectivity index (χ4n) is 7.16. The summed E-state index contributed by atoms with van der Waals surface area (Å²) in [5, 5.41) is 13.2. The van der Waals surface area contributed by atoms with Crippen molar-refractivity contribution in [3.05, 3.63) is 139 Å². The fourth-order valence-corrected chi connectivity index (χ4v) is 7.16. The van der Waals surface area contributed by atoms with E-state index >= 15 is 0 Å². The highest BCUT2D eigenvalue weighted by Gasteiger charge is 2.11. The molecule has 0 fully saturated rings. The predicted octanol–water partition coefficient (Wildman–Crippen LogP) is 4.55. The lowest BCUT2D eigenvalue weighted by molar-refractivity contribution is 0.769. The van der Waals surface area contributed by atoms with Gasteiger partial charge in [-0.25, -0.2) is 0 Å². The van der Waals surface area contributed by atoms with Gasteiger partial charge in [0.2, 0.25) is 0 Å². The molecule has 0 unspecified atom stereocenters. The summed E-state index contributed by atoms with van der Waals surface area (Å²) < 4.78 is 4.88. The van der Waals surface area contributed by atoms with Crippen molar-refractivity contribution in [2.45, 2.75) is 39.8 Å². The van der Waals surface area contributed by atoms with Gasteiger partial charge >= 0.3 is 0 Å². The van der Waals surface area contributed by atoms with Gasteiger partial charge in [0.05, 0.1) is 0 Å². The molecule has 0 atom stereocenters. The second-order valence-electron chi connectivity index (χ2n) is 11.4. The maximum Gasteiger partial charge on any atom is 0.0491 e. The maximum absolute atomic E-state index is 2.44. The third kappa shape index (κ3) is 3.86. The molecule has 4 aromatic carbocycles. The number of fused-ring (bicyclic) bond motifs is 6. The fraction of sp³-hybridized carbons (Fsp3) is 0.150. The number of hydrogen-bond acceptors (Lipinski definition) is 0. The highest BCUT2D eigenvalue weighted by Crippen LogP contribution is 2.15. The third-order valence-electron chi connectivity index (χ3n) is 9.25. The van der Waals surface area contributed by atoms with Crippen molar-refractivity contribution < 1.29 is 0 Å². The van der Waals surface area contributed by atoms with Gasteiger partial charge in [-0.05, 0) is 83.0 Å². The summed E-state index contributed by atoms with van der Waals surface area (Å²) >= 11 is 0. The van der Waals surface area contributed by atoms with Gasteiger partial charge < -0.3 is 9.13 Å². The van der Waals surface area contributed by atoms with Crippen molar-refractivity contribution >= 4 is 57.3 Å². The molecule has 0 spiro atoms. The molecule has 0 N–H and O–H groups in total. The molecule has 2 aliphatic rings. The Bertz CT molecular complexity index is 2310. The van der Waals surface area contributed by atoms with Gasteiger partial charge in [0.25, 0.3) is 0 Å². The summed E-state index contributed by atoms with van der Waals surface area (Å²) in [5.74, 6) is 0. The molecule has 0 bridgehead atoms. The van der Waals surface area contributed by atoms with Crippen molar-refractivity contribution in [3.63, 3.8) is 0 Å². The van der Waals surface area contributed by atoms with Gasteiger partial charge in [-0.2, -0.15) is 0 Å². The minimum absolute atomic E-state index is 0.960. The number of hydrogen-bond donors (Lipinski definition) is 0. The van der Waals surface area contributed by atoms with Gasteiger partial charge in [-0.1, -0.05) is 97.1 Å². The Balaban J connectivity index is 1.21. The quantitative estimate of drug-likeness (QED) is 0.304. The molecule has 0 radical (unpaired) electrons. The minimum atomic E-state index is 0.960. The first-order chi connectivity index (χ1) is 20.7. The van der Waals surface area contributed by atoms with Crippen LogP contribution >= 0.6 is 0 Å². The molecular formula is C40H34N2. The highest BCUT2D eigenvalue weighted by atomic mass is 15.0. The normalized spacial score (nSPS) is 14.1. The number of rotatable bonds is 2. The lowest BCUT2D eigenvalue weighted by atomic mass is 10.0. The van der Waals surface area contributed by atoms with Crippen LogP contribution < -0.4 is 31.6 Å². The van der Waals surface area contributed by atoms with Crippen molar-refractivity contribution in [2.24, 2.45) is 0 Å². The lowest BCUT2D eigenvalue weighted by Crippen LogP contribution is -2.31. The Morgan fingerprint density at radius 3 is 1.26 bits per heavy atom. The number of nitrogens with zero attached hydrogens (tertiary/aromatic N) is 2. The summed E-state index contributed by atoms with van der Waals surface area (Å²) in [6.45, 7) is 6.45. The van der Waals surface area contributed by atoms with E-state index in [9.17, 15) is 0 Å². The number of para-hydroxylation sites is 2. The smallest absolute Gasteiger partial charge is 0.0491 e. The van der Waals surface area contributed by atoms with Crippen LogP contribution in [0.3, 0.4) is 0 Å². The van der Waals surface area contributed by atoms with Crippen LogP contribution in [0.2, 0.25) is 0 Å². The molecule has 2 nitrogen and oxygen atoms in total. The van der Waals surface area contributed by atoms with Crippen LogP contribution in [0.15, 0.2) is 97.1 Å². The standard InChI is InChI=1S/C40H34N2/c1-3-41-37-11-7-5-9-33(37)35-25-31(21-23-39(35)41)29-17-13-27(14-18-29)28-15-19-30(20-16-28)32-22-24-40-36(26-32)34-10-6-8-12-38(34)42(40)4-2/h5-20,23-26H,3-4,21-22H2,1-2H3. The van der Waals surface area contributed by atoms with E-state index in [1.165, 1.54) is 75.0 Å². The molecule has 2 heteroatoms. The first-order valence-corrected chi connectivity index (χ1v) is 15.2. The largest absolute Gasteiger partial charge is 0.341 e. The Morgan fingerprint density at radius 2 is 0.857 bits per heavy atom. The Labute approximate surface area is 244 Å². The number of benzene rings is 4. The SMILES string of the molecule is CCn1c2c(c3ccccc31)=CC(=c1ccc(=c3ccc(=C4C=c5c(n(CC)c6ccccc56)=CC4)cc3)cc1)CC=2. The molecule has 6 aromatic rings. The van der Waals surface area contributed by atoms with E-state index in [0.717, 1.165) is 25.9 Å². The summed E-state index contributed by atoms with van der Waals surface area (Å²) in [6.07, 6.45) is 11.5. The van der Waals surface area contributed by atoms with Crippen LogP contribution in [0.1, 0.15) is 26.7 Å². The first kappa shape index (κ1) is 24.9. The van der Waals surface area contributed by atoms with E-state index in [2.05, 4.69) is 144 Å². The third-order valence-corrected chi connectivity index (χ3v) is 9.25. The van der Waals surface area contributed by atoms with Crippen molar-refractivity contribution in [1.82, 2.24) is 9.13 Å². The average Bonchev–Trinajstić information content (AvgIpc) is 3.56. The topological polar surface area (TPSA) is 9.86 Å². The molecule has 204 valence electrons. The van der Waals surface area contributed by atoms with Crippen molar-refractivity contribution in [1.29, 1.82) is 0 Å². The van der Waals surface area contributed by atoms with Crippen LogP contribution in [0.4, 0.5) is 0 Å². The molecule has 0 saturated carbocycles. The van der Waals surface area contributed by atoms with Gasteiger partial charge in [0.15, 0.2) is 0 Å². The Hall–Kier alpha value is -4.82. The zero-order valence-corrected chi connectivity index (χ0v) is 24.3. The number of aromatic nitrogens is 2. The van der Waals surface area contributed by atoms with Crippen LogP contribution in [-0.4, -0.2) is 9.13 Å². The molecule has 0 amide bonds. The summed E-state index contributed by atoms with van der Waals surface area (Å²) in [6, 6.07) is 35.8. The molecule has 2 aromatic heterocycles. The van der Waals surface area contributed by atoms with E-state index in [1.807, 2.05) is 0 Å². The monoisotopic (exact) mass is 542 g/mol. The molecular weight excluding hydrogens is 508 g/mol. The second-order valence-corrected chi connectivity index (χ2v) is 11.4. The maximum atomic E-state index is 2.44. The van der Waals surface area contributed by atoms with Gasteiger partial charge in [-0.3, -0.25) is 0 Å². The van der Waals surface area contributed by atoms with Gasteiger partial charge in [-0.15, -0.1) is 0 Å². The Kier molecular flexibility index (Phi) is 5.89. The van der Waals surface area contributed by atoms with E-state index in [4.69, 9.17) is 0 Å². The Morgan fingerprint density at radius 1 is 0.476 bits per heavy atom. The van der Waals surface area contributed by atoms with E-state index in [-0.39, 0.29) is 0 Å². The van der Waals surface area contributed by atoms with E-state index < -0.39 is 0 Å². The predicted molar refractivity (Wildman–Crippen MR) is 177 cm³/mol. The molecule has 2 aliphatic carbocycles. The highest BCUT2D eigenvalue weighted by molar-refractivity contribution is 5.91. The lowest BCUT2D eigenvalue weighted by Gasteiger charge is -2.06. The van der Waals surface area contributed by atoms with Crippen LogP contribution in [-0.2, 0) is 13.1 Å². The molecule has 2 heterocycles. The molecule has 0 aliphatic heterocycles. The summed E-state index contributed by atoms with van der Waals surface area (Å²) in [4.78, 5) is 0. The average molecular weight is 543 g/mol. The minimum Gasteiger partial charge on any atom is -0.341 e. The van der Waals surface area contributed by atoms with E-state index in [0.29, 0.717) is 0 Å². The van der Waals surface area contributed by atoms with Gasteiger partial charge in [0.1, 0.15) is 0 Å². The van der Waals surface area contributed by atoms with E-state index in [1.54, 1.807) is 0 Å². The summed E-state index contributed by atoms with van der Waals surface area (Å²) in [5.41, 5.74) is 5.42. The zero-order chi connectivity index (χ0) is 28.2. The summed E-state index contributed by atoms with van der Waals surface area (Å²) in [7, 11) is 0. The molecule has 42 heavy (non-hydrogen) atoms. The second kappa shape index (κ2) is 9.92. The van der Waals surface area contributed by atoms with Crippen molar-refractivity contribution in [2.75, 3.05) is 0 Å². The zero-order valence-electron chi connectivity index (χ0n) is 24.3. The van der Waals surface area contributed by atoms with Crippen LogP contribution in [0.25, 0.3) is 57.3 Å². The van der Waals surface area contributed by atoms with Crippen LogP contribution in [0, 0.1) is 10.4 Å². The number of aryl methyl sites for hydroxylation is 2. The van der Waals surface area contributed by atoms with Gasteiger partial charge in [0, 0.05) is 56.0 Å². The molecule has 0 saturated heterocycles.